The van der Waals surface area contributed by atoms with E-state index in [4.69, 9.17) is 4.42 Å². The predicted molar refractivity (Wildman–Crippen MR) is 70.1 cm³/mol. The molecule has 1 heterocycles. The van der Waals surface area contributed by atoms with Crippen LogP contribution in [0.3, 0.4) is 0 Å². The van der Waals surface area contributed by atoms with E-state index in [9.17, 15) is 8.42 Å². The minimum atomic E-state index is -2.99. The van der Waals surface area contributed by atoms with Gasteiger partial charge in [-0.25, -0.2) is 13.4 Å². The van der Waals surface area contributed by atoms with E-state index in [0.717, 1.165) is 11.1 Å². The quantitative estimate of drug-likeness (QED) is 0.811. The lowest BCUT2D eigenvalue weighted by molar-refractivity contribution is 0.528. The van der Waals surface area contributed by atoms with Crippen molar-refractivity contribution >= 4 is 36.9 Å². The lowest BCUT2D eigenvalue weighted by Gasteiger charge is -2.04. The molecule has 1 unspecified atom stereocenters. The van der Waals surface area contributed by atoms with E-state index in [1.165, 1.54) is 6.26 Å². The molecule has 0 saturated carbocycles. The molecule has 0 N–H and O–H groups in total. The molecule has 0 fully saturated rings. The molecule has 6 heteroatoms. The van der Waals surface area contributed by atoms with E-state index in [2.05, 4.69) is 20.9 Å². The van der Waals surface area contributed by atoms with Crippen LogP contribution in [-0.2, 0) is 16.3 Å². The molecule has 92 valence electrons. The van der Waals surface area contributed by atoms with Crippen LogP contribution in [0.15, 0.2) is 28.7 Å². The summed E-state index contributed by atoms with van der Waals surface area (Å²) in [6, 6.07) is 7.46. The Kier molecular flexibility index (Phi) is 3.53. The van der Waals surface area contributed by atoms with Crippen LogP contribution in [0.5, 0.6) is 0 Å². The number of aromatic nitrogens is 1. The normalized spacial score (nSPS) is 14.0. The zero-order valence-corrected chi connectivity index (χ0v) is 11.7. The van der Waals surface area contributed by atoms with Gasteiger partial charge in [-0.2, -0.15) is 0 Å². The molecule has 2 rings (SSSR count). The molecular weight excluding hydrogens is 306 g/mol. The van der Waals surface area contributed by atoms with Crippen LogP contribution in [0.4, 0.5) is 0 Å². The molecule has 0 spiro atoms. The molecule has 0 amide bonds. The zero-order valence-electron chi connectivity index (χ0n) is 9.26. The molecule has 0 bridgehead atoms. The van der Waals surface area contributed by atoms with Crippen LogP contribution in [0.1, 0.15) is 5.89 Å². The number of nitrogens with zero attached hydrogens (tertiary/aromatic N) is 1. The molecule has 0 aliphatic heterocycles. The topological polar surface area (TPSA) is 60.2 Å². The first-order valence-corrected chi connectivity index (χ1v) is 8.08. The first-order valence-electron chi connectivity index (χ1n) is 5.10. The molecule has 0 aliphatic carbocycles. The van der Waals surface area contributed by atoms with E-state index >= 15 is 0 Å². The summed E-state index contributed by atoms with van der Waals surface area (Å²) in [5.74, 6) is 0.628. The average molecular weight is 318 g/mol. The smallest absolute Gasteiger partial charge is 0.196 e. The number of rotatable bonds is 4. The fourth-order valence-corrected chi connectivity index (χ4v) is 4.08. The number of hydrogen-bond donors (Lipinski definition) is 0. The zero-order chi connectivity index (χ0) is 12.5. The maximum atomic E-state index is 11.1. The third kappa shape index (κ3) is 3.54. The van der Waals surface area contributed by atoms with Gasteiger partial charge in [0.2, 0.25) is 0 Å². The van der Waals surface area contributed by atoms with Crippen molar-refractivity contribution in [2.45, 2.75) is 11.2 Å². The molecule has 0 saturated heterocycles. The van der Waals surface area contributed by atoms with Gasteiger partial charge in [0.05, 0.1) is 5.75 Å². The van der Waals surface area contributed by atoms with Gasteiger partial charge in [0, 0.05) is 17.5 Å². The third-order valence-electron chi connectivity index (χ3n) is 2.22. The van der Waals surface area contributed by atoms with Crippen LogP contribution in [0, 0.1) is 0 Å². The number of halogens is 1. The SMILES string of the molecule is CS(=O)(=O)CC(Br)Cc1nc2ccccc2o1. The first kappa shape index (κ1) is 12.6. The van der Waals surface area contributed by atoms with Gasteiger partial charge >= 0.3 is 0 Å². The monoisotopic (exact) mass is 317 g/mol. The van der Waals surface area contributed by atoms with Crippen molar-refractivity contribution in [2.24, 2.45) is 0 Å². The molecule has 17 heavy (non-hydrogen) atoms. The van der Waals surface area contributed by atoms with Crippen molar-refractivity contribution < 1.29 is 12.8 Å². The Labute approximate surface area is 108 Å². The molecule has 4 nitrogen and oxygen atoms in total. The molecule has 1 aromatic heterocycles. The van der Waals surface area contributed by atoms with Crippen molar-refractivity contribution in [1.29, 1.82) is 0 Å². The van der Waals surface area contributed by atoms with Gasteiger partial charge in [-0.3, -0.25) is 0 Å². The summed E-state index contributed by atoms with van der Waals surface area (Å²) in [5, 5.41) is 0. The molecule has 1 aromatic carbocycles. The Bertz CT molecular complexity index is 587. The predicted octanol–water partition coefficient (Wildman–Crippen LogP) is 2.18. The van der Waals surface area contributed by atoms with Crippen molar-refractivity contribution in [2.75, 3.05) is 12.0 Å². The fourth-order valence-electron chi connectivity index (χ4n) is 1.58. The summed E-state index contributed by atoms with van der Waals surface area (Å²) in [6.45, 7) is 0. The van der Waals surface area contributed by atoms with Gasteiger partial charge in [0.1, 0.15) is 15.4 Å². The largest absolute Gasteiger partial charge is 0.441 e. The second-order valence-corrected chi connectivity index (χ2v) is 7.45. The number of alkyl halides is 1. The van der Waals surface area contributed by atoms with Crippen LogP contribution >= 0.6 is 15.9 Å². The van der Waals surface area contributed by atoms with E-state index in [-0.39, 0.29) is 10.6 Å². The number of benzene rings is 1. The highest BCUT2D eigenvalue weighted by molar-refractivity contribution is 9.09. The number of sulfone groups is 1. The number of oxazole rings is 1. The Morgan fingerprint density at radius 3 is 2.76 bits per heavy atom. The molecule has 2 aromatic rings. The lowest BCUT2D eigenvalue weighted by Crippen LogP contribution is -2.16. The van der Waals surface area contributed by atoms with Gasteiger partial charge in [-0.05, 0) is 12.1 Å². The van der Waals surface area contributed by atoms with Crippen LogP contribution in [0.2, 0.25) is 0 Å². The fraction of sp³-hybridized carbons (Fsp3) is 0.364. The van der Waals surface area contributed by atoms with Crippen LogP contribution in [0.25, 0.3) is 11.1 Å². The van der Waals surface area contributed by atoms with Gasteiger partial charge in [0.15, 0.2) is 11.5 Å². The summed E-state index contributed by atoms with van der Waals surface area (Å²) < 4.78 is 27.8. The number of fused-ring (bicyclic) bond motifs is 1. The summed E-state index contributed by atoms with van der Waals surface area (Å²) >= 11 is 3.33. The van der Waals surface area contributed by atoms with Crippen molar-refractivity contribution in [3.63, 3.8) is 0 Å². The van der Waals surface area contributed by atoms with E-state index < -0.39 is 9.84 Å². The van der Waals surface area contributed by atoms with Crippen molar-refractivity contribution in [3.05, 3.63) is 30.2 Å². The van der Waals surface area contributed by atoms with E-state index in [0.29, 0.717) is 12.3 Å². The van der Waals surface area contributed by atoms with Crippen molar-refractivity contribution in [1.82, 2.24) is 4.98 Å². The van der Waals surface area contributed by atoms with Crippen LogP contribution < -0.4 is 0 Å². The summed E-state index contributed by atoms with van der Waals surface area (Å²) in [6.07, 6.45) is 1.68. The molecular formula is C11H12BrNO3S. The minimum absolute atomic E-state index is 0.0751. The summed E-state index contributed by atoms with van der Waals surface area (Å²) in [4.78, 5) is 4.12. The van der Waals surface area contributed by atoms with E-state index in [1.54, 1.807) is 0 Å². The molecule has 1 atom stereocenters. The van der Waals surface area contributed by atoms with Gasteiger partial charge < -0.3 is 4.42 Å². The maximum Gasteiger partial charge on any atom is 0.196 e. The maximum absolute atomic E-state index is 11.1. The van der Waals surface area contributed by atoms with Crippen molar-refractivity contribution in [3.8, 4) is 0 Å². The molecule has 0 aliphatic rings. The third-order valence-corrected chi connectivity index (χ3v) is 4.30. The second kappa shape index (κ2) is 4.78. The Hall–Kier alpha value is -0.880. The number of hydrogen-bond acceptors (Lipinski definition) is 4. The minimum Gasteiger partial charge on any atom is -0.441 e. The van der Waals surface area contributed by atoms with Gasteiger partial charge in [-0.1, -0.05) is 28.1 Å². The standard InChI is InChI=1S/C11H12BrNO3S/c1-17(14,15)7-8(12)6-11-13-9-4-2-3-5-10(9)16-11/h2-5,8H,6-7H2,1H3. The summed E-state index contributed by atoms with van der Waals surface area (Å²) in [5.41, 5.74) is 1.52. The van der Waals surface area contributed by atoms with Crippen LogP contribution in [-0.4, -0.2) is 30.2 Å². The second-order valence-electron chi connectivity index (χ2n) is 3.97. The average Bonchev–Trinajstić information content (AvgIpc) is 2.55. The molecule has 0 radical (unpaired) electrons. The van der Waals surface area contributed by atoms with Gasteiger partial charge in [0.25, 0.3) is 0 Å². The van der Waals surface area contributed by atoms with Gasteiger partial charge in [-0.15, -0.1) is 0 Å². The highest BCUT2D eigenvalue weighted by atomic mass is 79.9. The highest BCUT2D eigenvalue weighted by Gasteiger charge is 2.16. The lowest BCUT2D eigenvalue weighted by atomic mass is 10.3. The number of para-hydroxylation sites is 2. The summed E-state index contributed by atoms with van der Waals surface area (Å²) in [7, 11) is -2.99. The van der Waals surface area contributed by atoms with E-state index in [1.807, 2.05) is 24.3 Å². The Morgan fingerprint density at radius 2 is 2.12 bits per heavy atom. The first-order chi connectivity index (χ1) is 7.94. The Balaban J connectivity index is 2.13. The Morgan fingerprint density at radius 1 is 1.41 bits per heavy atom. The highest BCUT2D eigenvalue weighted by Crippen LogP contribution is 2.18.